The van der Waals surface area contributed by atoms with Crippen molar-refractivity contribution < 1.29 is 9.53 Å². The van der Waals surface area contributed by atoms with Gasteiger partial charge in [0.25, 0.3) is 0 Å². The van der Waals surface area contributed by atoms with Crippen LogP contribution in [0.4, 0.5) is 5.13 Å². The lowest BCUT2D eigenvalue weighted by Gasteiger charge is -2.27. The second-order valence-corrected chi connectivity index (χ2v) is 7.21. The van der Waals surface area contributed by atoms with Crippen LogP contribution in [0.3, 0.4) is 0 Å². The lowest BCUT2D eigenvalue weighted by molar-refractivity contribution is -0.116. The average Bonchev–Trinajstić information content (AvgIpc) is 3.21. The fraction of sp³-hybridized carbons (Fsp3) is 0.0455. The molecule has 4 aromatic rings. The molecule has 1 N–H and O–H groups in total. The number of ether oxygens (including phenoxy) is 1. The number of benzene rings is 2. The Balaban J connectivity index is 1.47. The highest BCUT2D eigenvalue weighted by Gasteiger charge is 2.32. The molecule has 136 valence electrons. The topological polar surface area (TPSA) is 64.1 Å². The first-order valence-electron chi connectivity index (χ1n) is 8.83. The summed E-state index contributed by atoms with van der Waals surface area (Å²) in [6, 6.07) is 20.9. The molecule has 5 rings (SSSR count). The third kappa shape index (κ3) is 2.93. The number of hydrogen-bond acceptors (Lipinski definition) is 5. The highest BCUT2D eigenvalue weighted by Crippen LogP contribution is 2.44. The number of aromatic nitrogens is 2. The molecule has 1 amide bonds. The standard InChI is InChI=1S/C22H15N3O2S/c26-21(25-22-24-17(13-28-22)16-9-5-6-12-23-16)20-14-7-1-3-10-18(14)27-19-11-4-2-8-15(19)20/h1-13,20H,(H,24,25,26). The Morgan fingerprint density at radius 3 is 2.25 bits per heavy atom. The van der Waals surface area contributed by atoms with Gasteiger partial charge < -0.3 is 10.1 Å². The predicted octanol–water partition coefficient (Wildman–Crippen LogP) is 5.08. The van der Waals surface area contributed by atoms with Gasteiger partial charge in [-0.15, -0.1) is 11.3 Å². The molecular formula is C22H15N3O2S. The number of rotatable bonds is 3. The minimum absolute atomic E-state index is 0.134. The molecule has 0 radical (unpaired) electrons. The van der Waals surface area contributed by atoms with Crippen molar-refractivity contribution in [2.75, 3.05) is 5.32 Å². The number of fused-ring (bicyclic) bond motifs is 2. The summed E-state index contributed by atoms with van der Waals surface area (Å²) >= 11 is 1.39. The van der Waals surface area contributed by atoms with E-state index in [0.717, 1.165) is 22.5 Å². The summed E-state index contributed by atoms with van der Waals surface area (Å²) in [5.74, 6) is 0.817. The number of anilines is 1. The van der Waals surface area contributed by atoms with Gasteiger partial charge in [-0.05, 0) is 24.3 Å². The van der Waals surface area contributed by atoms with Crippen LogP contribution in [0.2, 0.25) is 0 Å². The molecule has 2 aromatic carbocycles. The Bertz CT molecular complexity index is 1110. The Morgan fingerprint density at radius 2 is 1.57 bits per heavy atom. The molecule has 1 aliphatic rings. The summed E-state index contributed by atoms with van der Waals surface area (Å²) < 4.78 is 5.97. The average molecular weight is 385 g/mol. The molecule has 0 saturated heterocycles. The van der Waals surface area contributed by atoms with Crippen LogP contribution in [0.15, 0.2) is 78.3 Å². The molecule has 0 unspecified atom stereocenters. The largest absolute Gasteiger partial charge is 0.457 e. The Kier molecular flexibility index (Phi) is 4.10. The van der Waals surface area contributed by atoms with E-state index in [1.165, 1.54) is 11.3 Å². The van der Waals surface area contributed by atoms with Gasteiger partial charge in [0.15, 0.2) is 5.13 Å². The summed E-state index contributed by atoms with van der Waals surface area (Å²) in [6.07, 6.45) is 1.73. The molecule has 5 nitrogen and oxygen atoms in total. The van der Waals surface area contributed by atoms with E-state index in [1.54, 1.807) is 6.20 Å². The predicted molar refractivity (Wildman–Crippen MR) is 109 cm³/mol. The zero-order valence-corrected chi connectivity index (χ0v) is 15.5. The highest BCUT2D eigenvalue weighted by atomic mass is 32.1. The van der Waals surface area contributed by atoms with E-state index in [9.17, 15) is 4.79 Å². The first kappa shape index (κ1) is 16.6. The smallest absolute Gasteiger partial charge is 0.238 e. The number of nitrogens with zero attached hydrogens (tertiary/aromatic N) is 2. The van der Waals surface area contributed by atoms with E-state index in [4.69, 9.17) is 4.74 Å². The minimum atomic E-state index is -0.455. The van der Waals surface area contributed by atoms with Crippen LogP contribution in [-0.4, -0.2) is 15.9 Å². The number of para-hydroxylation sites is 2. The summed E-state index contributed by atoms with van der Waals surface area (Å²) in [5.41, 5.74) is 3.22. The van der Waals surface area contributed by atoms with E-state index < -0.39 is 5.92 Å². The molecule has 28 heavy (non-hydrogen) atoms. The third-order valence-corrected chi connectivity index (χ3v) is 5.36. The van der Waals surface area contributed by atoms with E-state index in [2.05, 4.69) is 15.3 Å². The van der Waals surface area contributed by atoms with Crippen LogP contribution >= 0.6 is 11.3 Å². The molecule has 0 bridgehead atoms. The summed E-state index contributed by atoms with van der Waals surface area (Å²) in [7, 11) is 0. The van der Waals surface area contributed by atoms with Crippen LogP contribution in [0.1, 0.15) is 17.0 Å². The van der Waals surface area contributed by atoms with Crippen molar-refractivity contribution in [1.29, 1.82) is 0 Å². The van der Waals surface area contributed by atoms with Gasteiger partial charge in [0.1, 0.15) is 17.2 Å². The van der Waals surface area contributed by atoms with Crippen molar-refractivity contribution in [2.24, 2.45) is 0 Å². The number of hydrogen-bond donors (Lipinski definition) is 1. The maximum Gasteiger partial charge on any atom is 0.238 e. The van der Waals surface area contributed by atoms with Crippen molar-refractivity contribution in [1.82, 2.24) is 9.97 Å². The monoisotopic (exact) mass is 385 g/mol. The van der Waals surface area contributed by atoms with Gasteiger partial charge in [0.05, 0.1) is 11.6 Å². The quantitative estimate of drug-likeness (QED) is 0.534. The molecule has 6 heteroatoms. The van der Waals surface area contributed by atoms with Crippen molar-refractivity contribution in [3.05, 3.63) is 89.4 Å². The lowest BCUT2D eigenvalue weighted by Crippen LogP contribution is -2.25. The third-order valence-electron chi connectivity index (χ3n) is 4.60. The van der Waals surface area contributed by atoms with Crippen molar-refractivity contribution in [3.8, 4) is 22.9 Å². The van der Waals surface area contributed by atoms with E-state index >= 15 is 0 Å². The van der Waals surface area contributed by atoms with Crippen LogP contribution in [-0.2, 0) is 4.79 Å². The molecule has 0 atom stereocenters. The zero-order valence-electron chi connectivity index (χ0n) is 14.7. The van der Waals surface area contributed by atoms with Gasteiger partial charge >= 0.3 is 0 Å². The molecule has 2 aromatic heterocycles. The summed E-state index contributed by atoms with van der Waals surface area (Å²) in [5, 5.41) is 5.41. The summed E-state index contributed by atoms with van der Waals surface area (Å²) in [6.45, 7) is 0. The second-order valence-electron chi connectivity index (χ2n) is 6.35. The van der Waals surface area contributed by atoms with Crippen LogP contribution in [0.25, 0.3) is 11.4 Å². The van der Waals surface area contributed by atoms with Crippen LogP contribution < -0.4 is 10.1 Å². The first-order chi connectivity index (χ1) is 13.8. The van der Waals surface area contributed by atoms with Gasteiger partial charge in [-0.1, -0.05) is 42.5 Å². The first-order valence-corrected chi connectivity index (χ1v) is 9.71. The lowest BCUT2D eigenvalue weighted by atomic mass is 9.87. The van der Waals surface area contributed by atoms with Gasteiger partial charge in [-0.3, -0.25) is 9.78 Å². The van der Waals surface area contributed by atoms with E-state index in [0.29, 0.717) is 16.6 Å². The van der Waals surface area contributed by atoms with Crippen molar-refractivity contribution in [2.45, 2.75) is 5.92 Å². The fourth-order valence-corrected chi connectivity index (χ4v) is 4.04. The zero-order chi connectivity index (χ0) is 18.9. The SMILES string of the molecule is O=C(Nc1nc(-c2ccccn2)cs1)C1c2ccccc2Oc2ccccc21. The second kappa shape index (κ2) is 6.90. The minimum Gasteiger partial charge on any atom is -0.457 e. The fourth-order valence-electron chi connectivity index (χ4n) is 3.33. The number of thiazole rings is 1. The van der Waals surface area contributed by atoms with Gasteiger partial charge in [-0.2, -0.15) is 0 Å². The highest BCUT2D eigenvalue weighted by molar-refractivity contribution is 7.14. The van der Waals surface area contributed by atoms with E-state index in [1.807, 2.05) is 72.1 Å². The number of carbonyl (C=O) groups excluding carboxylic acids is 1. The molecule has 0 aliphatic carbocycles. The molecular weight excluding hydrogens is 370 g/mol. The Morgan fingerprint density at radius 1 is 0.893 bits per heavy atom. The Hall–Kier alpha value is -3.51. The van der Waals surface area contributed by atoms with Gasteiger partial charge in [0, 0.05) is 22.7 Å². The molecule has 0 spiro atoms. The van der Waals surface area contributed by atoms with Gasteiger partial charge in [0.2, 0.25) is 5.91 Å². The normalized spacial score (nSPS) is 12.6. The van der Waals surface area contributed by atoms with Crippen LogP contribution in [0, 0.1) is 0 Å². The van der Waals surface area contributed by atoms with Gasteiger partial charge in [-0.25, -0.2) is 4.98 Å². The number of amides is 1. The molecule has 0 fully saturated rings. The van der Waals surface area contributed by atoms with E-state index in [-0.39, 0.29) is 5.91 Å². The molecule has 3 heterocycles. The van der Waals surface area contributed by atoms with Crippen molar-refractivity contribution in [3.63, 3.8) is 0 Å². The Labute approximate surface area is 165 Å². The number of carbonyl (C=O) groups is 1. The van der Waals surface area contributed by atoms with Crippen LogP contribution in [0.5, 0.6) is 11.5 Å². The molecule has 1 aliphatic heterocycles. The maximum absolute atomic E-state index is 13.2. The summed E-state index contributed by atoms with van der Waals surface area (Å²) in [4.78, 5) is 22.0. The number of nitrogens with one attached hydrogen (secondary N) is 1. The van der Waals surface area contributed by atoms with Crippen molar-refractivity contribution >= 4 is 22.4 Å². The molecule has 0 saturated carbocycles. The maximum atomic E-state index is 13.2. The number of pyridine rings is 1.